The van der Waals surface area contributed by atoms with Crippen LogP contribution in [0.2, 0.25) is 5.02 Å². The van der Waals surface area contributed by atoms with Gasteiger partial charge in [0.1, 0.15) is 6.04 Å². The number of carbonyl (C=O) groups excluding carboxylic acids is 6. The standard InChI is InChI=1S/C19H19ClN3O8/c1-4-22-5-6-23(18(28)17(22)27)19(29)21-14(9-24)12-7-15(30-10(2)25)16(8-13(12)20)31-11(3)26/h7-8,14H,4-6H2,1-3H3,(H,21,29). The van der Waals surface area contributed by atoms with Gasteiger partial charge in [-0.25, -0.2) is 4.79 Å². The van der Waals surface area contributed by atoms with Gasteiger partial charge in [-0.1, -0.05) is 11.6 Å². The van der Waals surface area contributed by atoms with Crippen LogP contribution in [0.4, 0.5) is 4.79 Å². The van der Waals surface area contributed by atoms with E-state index in [0.29, 0.717) is 11.4 Å². The molecule has 1 N–H and O–H groups in total. The molecule has 1 unspecified atom stereocenters. The van der Waals surface area contributed by atoms with E-state index >= 15 is 0 Å². The van der Waals surface area contributed by atoms with Crippen molar-refractivity contribution in [2.45, 2.75) is 26.8 Å². The first-order valence-corrected chi connectivity index (χ1v) is 9.46. The molecule has 1 aliphatic rings. The maximum absolute atomic E-state index is 12.5. The Labute approximate surface area is 182 Å². The number of nitrogens with one attached hydrogen (secondary N) is 1. The highest BCUT2D eigenvalue weighted by molar-refractivity contribution is 6.38. The number of hydrogen-bond acceptors (Lipinski definition) is 8. The molecule has 0 bridgehead atoms. The number of benzene rings is 1. The highest BCUT2D eigenvalue weighted by Gasteiger charge is 2.36. The number of hydrogen-bond donors (Lipinski definition) is 1. The molecule has 1 atom stereocenters. The monoisotopic (exact) mass is 452 g/mol. The molecule has 12 heteroatoms. The van der Waals surface area contributed by atoms with Gasteiger partial charge < -0.3 is 19.7 Å². The second kappa shape index (κ2) is 10.0. The van der Waals surface area contributed by atoms with Crippen LogP contribution in [-0.4, -0.2) is 65.5 Å². The Hall–Kier alpha value is -3.47. The Kier molecular flexibility index (Phi) is 7.70. The van der Waals surface area contributed by atoms with Crippen molar-refractivity contribution in [2.75, 3.05) is 19.6 Å². The first-order chi connectivity index (χ1) is 14.6. The quantitative estimate of drug-likeness (QED) is 0.378. The lowest BCUT2D eigenvalue weighted by Gasteiger charge is -2.32. The van der Waals surface area contributed by atoms with Crippen molar-refractivity contribution in [3.05, 3.63) is 22.7 Å². The van der Waals surface area contributed by atoms with Crippen LogP contribution in [-0.2, 0) is 24.0 Å². The molecule has 11 nitrogen and oxygen atoms in total. The molecule has 0 spiro atoms. The number of ether oxygens (including phenoxy) is 2. The zero-order chi connectivity index (χ0) is 23.3. The van der Waals surface area contributed by atoms with E-state index < -0.39 is 35.8 Å². The van der Waals surface area contributed by atoms with E-state index in [9.17, 15) is 28.8 Å². The lowest BCUT2D eigenvalue weighted by Crippen LogP contribution is -2.58. The average Bonchev–Trinajstić information content (AvgIpc) is 2.69. The highest BCUT2D eigenvalue weighted by atomic mass is 35.5. The number of likely N-dealkylation sites (N-methyl/N-ethyl adjacent to an activating group) is 1. The van der Waals surface area contributed by atoms with Crippen LogP contribution < -0.4 is 14.8 Å². The van der Waals surface area contributed by atoms with E-state index in [-0.39, 0.29) is 35.2 Å². The van der Waals surface area contributed by atoms with E-state index in [1.54, 1.807) is 13.2 Å². The number of amides is 4. The Morgan fingerprint density at radius 3 is 2.19 bits per heavy atom. The number of urea groups is 1. The fraction of sp³-hybridized carbons (Fsp3) is 0.368. The summed E-state index contributed by atoms with van der Waals surface area (Å²) in [7, 11) is 0. The first kappa shape index (κ1) is 23.8. The summed E-state index contributed by atoms with van der Waals surface area (Å²) >= 11 is 6.15. The van der Waals surface area contributed by atoms with Gasteiger partial charge in [0.15, 0.2) is 11.5 Å². The molecular formula is C19H19ClN3O8. The normalized spacial score (nSPS) is 14.7. The Morgan fingerprint density at radius 1 is 1.10 bits per heavy atom. The van der Waals surface area contributed by atoms with Gasteiger partial charge in [-0.2, -0.15) is 0 Å². The van der Waals surface area contributed by atoms with Gasteiger partial charge in [0, 0.05) is 45.1 Å². The summed E-state index contributed by atoms with van der Waals surface area (Å²) < 4.78 is 9.92. The molecule has 1 saturated heterocycles. The van der Waals surface area contributed by atoms with Gasteiger partial charge in [0.25, 0.3) is 0 Å². The summed E-state index contributed by atoms with van der Waals surface area (Å²) in [4.78, 5) is 72.8. The molecule has 1 radical (unpaired) electrons. The maximum atomic E-state index is 12.5. The van der Waals surface area contributed by atoms with Crippen molar-refractivity contribution in [1.29, 1.82) is 0 Å². The maximum Gasteiger partial charge on any atom is 0.325 e. The number of esters is 2. The lowest BCUT2D eigenvalue weighted by atomic mass is 10.1. The minimum absolute atomic E-state index is 0.0388. The largest absolute Gasteiger partial charge is 0.423 e. The molecule has 0 aromatic heterocycles. The molecule has 165 valence electrons. The Balaban J connectivity index is 2.31. The Bertz CT molecular complexity index is 948. The van der Waals surface area contributed by atoms with Crippen LogP contribution in [0.25, 0.3) is 0 Å². The molecule has 1 heterocycles. The van der Waals surface area contributed by atoms with Crippen molar-refractivity contribution in [3.63, 3.8) is 0 Å². The van der Waals surface area contributed by atoms with Crippen molar-refractivity contribution in [2.24, 2.45) is 0 Å². The molecule has 31 heavy (non-hydrogen) atoms. The predicted molar refractivity (Wildman–Crippen MR) is 105 cm³/mol. The second-order valence-corrected chi connectivity index (χ2v) is 6.76. The lowest BCUT2D eigenvalue weighted by molar-refractivity contribution is -0.153. The number of halogens is 1. The van der Waals surface area contributed by atoms with Gasteiger partial charge in [0.2, 0.25) is 6.29 Å². The van der Waals surface area contributed by atoms with E-state index in [1.807, 2.05) is 0 Å². The summed E-state index contributed by atoms with van der Waals surface area (Å²) in [6.07, 6.45) is 1.57. The summed E-state index contributed by atoms with van der Waals surface area (Å²) in [5.41, 5.74) is -0.0388. The van der Waals surface area contributed by atoms with Crippen LogP contribution in [0.3, 0.4) is 0 Å². The number of carbonyl (C=O) groups is 5. The minimum atomic E-state index is -1.48. The molecule has 1 aliphatic heterocycles. The molecule has 1 fully saturated rings. The molecule has 4 amide bonds. The smallest absolute Gasteiger partial charge is 0.325 e. The number of imide groups is 1. The zero-order valence-electron chi connectivity index (χ0n) is 16.9. The zero-order valence-corrected chi connectivity index (χ0v) is 17.6. The van der Waals surface area contributed by atoms with Gasteiger partial charge in [0.05, 0.1) is 5.02 Å². The van der Waals surface area contributed by atoms with Crippen molar-refractivity contribution in [3.8, 4) is 11.5 Å². The van der Waals surface area contributed by atoms with Gasteiger partial charge >= 0.3 is 29.8 Å². The second-order valence-electron chi connectivity index (χ2n) is 6.35. The van der Waals surface area contributed by atoms with Crippen LogP contribution >= 0.6 is 11.6 Å². The van der Waals surface area contributed by atoms with Crippen LogP contribution in [0.1, 0.15) is 32.4 Å². The third kappa shape index (κ3) is 5.57. The average molecular weight is 453 g/mol. The van der Waals surface area contributed by atoms with Gasteiger partial charge in [-0.05, 0) is 13.0 Å². The SMILES string of the molecule is CCN1CCN(C(=O)NC([C]=O)c2cc(OC(C)=O)c(OC(C)=O)cc2Cl)C(=O)C1=O. The van der Waals surface area contributed by atoms with Crippen LogP contribution in [0.5, 0.6) is 11.5 Å². The van der Waals surface area contributed by atoms with E-state index in [2.05, 4.69) is 5.32 Å². The third-order valence-corrected chi connectivity index (χ3v) is 4.53. The van der Waals surface area contributed by atoms with Crippen molar-refractivity contribution in [1.82, 2.24) is 15.1 Å². The molecule has 1 aromatic carbocycles. The number of piperazine rings is 1. The molecule has 1 aromatic rings. The molecule has 2 rings (SSSR count). The summed E-state index contributed by atoms with van der Waals surface area (Å²) in [6, 6.07) is -0.230. The minimum Gasteiger partial charge on any atom is -0.423 e. The van der Waals surface area contributed by atoms with E-state index in [1.165, 1.54) is 4.90 Å². The fourth-order valence-electron chi connectivity index (χ4n) is 2.78. The molecule has 0 saturated carbocycles. The first-order valence-electron chi connectivity index (χ1n) is 9.08. The van der Waals surface area contributed by atoms with Gasteiger partial charge in [-0.15, -0.1) is 0 Å². The summed E-state index contributed by atoms with van der Waals surface area (Å²) in [6.45, 7) is 4.33. The van der Waals surface area contributed by atoms with Crippen LogP contribution in [0, 0.1) is 0 Å². The molecular weight excluding hydrogens is 434 g/mol. The molecule has 0 aliphatic carbocycles. The van der Waals surface area contributed by atoms with E-state index in [0.717, 1.165) is 26.0 Å². The van der Waals surface area contributed by atoms with Crippen LogP contribution in [0.15, 0.2) is 12.1 Å². The number of rotatable bonds is 6. The van der Waals surface area contributed by atoms with E-state index in [4.69, 9.17) is 21.1 Å². The predicted octanol–water partition coefficient (Wildman–Crippen LogP) is 0.742. The number of nitrogens with zero attached hydrogens (tertiary/aromatic N) is 2. The Morgan fingerprint density at radius 2 is 1.68 bits per heavy atom. The fourth-order valence-corrected chi connectivity index (χ4v) is 3.05. The van der Waals surface area contributed by atoms with Crippen molar-refractivity contribution < 1.29 is 38.2 Å². The summed E-state index contributed by atoms with van der Waals surface area (Å²) in [5.74, 6) is -3.72. The highest BCUT2D eigenvalue weighted by Crippen LogP contribution is 2.36. The van der Waals surface area contributed by atoms with Gasteiger partial charge in [-0.3, -0.25) is 28.9 Å². The van der Waals surface area contributed by atoms with Crippen molar-refractivity contribution >= 4 is 47.7 Å². The topological polar surface area (TPSA) is 139 Å². The summed E-state index contributed by atoms with van der Waals surface area (Å²) in [5, 5.41) is 2.15. The third-order valence-electron chi connectivity index (χ3n) is 4.20.